The average molecular weight is 499 g/mol. The number of carbonyl (C=O) groups is 1. The minimum absolute atomic E-state index is 0.0789. The summed E-state index contributed by atoms with van der Waals surface area (Å²) in [5.74, 6) is 1.52. The summed E-state index contributed by atoms with van der Waals surface area (Å²) in [5, 5.41) is 28.8. The van der Waals surface area contributed by atoms with Crippen LogP contribution in [0.4, 0.5) is 5.69 Å². The van der Waals surface area contributed by atoms with Gasteiger partial charge >= 0.3 is 0 Å². The van der Waals surface area contributed by atoms with Crippen LogP contribution in [-0.4, -0.2) is 54.4 Å². The van der Waals surface area contributed by atoms with Crippen LogP contribution in [0.1, 0.15) is 56.6 Å². The molecule has 6 rings (SSSR count). The summed E-state index contributed by atoms with van der Waals surface area (Å²) in [6.45, 7) is 4.61. The highest BCUT2D eigenvalue weighted by atomic mass is 16.1. The van der Waals surface area contributed by atoms with Crippen LogP contribution in [-0.2, 0) is 4.79 Å². The van der Waals surface area contributed by atoms with Crippen LogP contribution in [0.2, 0.25) is 0 Å². The maximum atomic E-state index is 12.3. The van der Waals surface area contributed by atoms with Crippen LogP contribution >= 0.6 is 0 Å². The number of piperazine rings is 1. The number of hydrogen-bond donors (Lipinski definition) is 2. The first kappa shape index (κ1) is 25.1. The predicted molar refractivity (Wildman–Crippen MR) is 139 cm³/mol. The number of amidine groups is 1. The highest BCUT2D eigenvalue weighted by Gasteiger charge is 2.58. The van der Waals surface area contributed by atoms with Crippen molar-refractivity contribution in [2.45, 2.75) is 57.0 Å². The largest absolute Gasteiger partial charge is 0.386 e. The van der Waals surface area contributed by atoms with Crippen LogP contribution in [0.3, 0.4) is 0 Å². The third kappa shape index (κ3) is 4.10. The molecule has 3 atom stereocenters. The molecule has 4 saturated carbocycles. The molecule has 37 heavy (non-hydrogen) atoms. The maximum Gasteiger partial charge on any atom is 0.223 e. The topological polar surface area (TPSA) is 159 Å². The van der Waals surface area contributed by atoms with Crippen molar-refractivity contribution in [1.82, 2.24) is 4.90 Å². The van der Waals surface area contributed by atoms with Gasteiger partial charge in [0, 0.05) is 31.6 Å². The van der Waals surface area contributed by atoms with E-state index in [9.17, 15) is 20.6 Å². The fourth-order valence-electron chi connectivity index (χ4n) is 7.78. The molecule has 0 aromatic heterocycles. The number of anilines is 1. The molecule has 0 spiro atoms. The van der Waals surface area contributed by atoms with Gasteiger partial charge in [-0.1, -0.05) is 6.07 Å². The van der Waals surface area contributed by atoms with Crippen molar-refractivity contribution in [2.24, 2.45) is 39.6 Å². The molecule has 9 nitrogen and oxygen atoms in total. The molecular weight excluding hydrogens is 464 g/mol. The van der Waals surface area contributed by atoms with Crippen LogP contribution in [0.25, 0.3) is 0 Å². The van der Waals surface area contributed by atoms with Crippen LogP contribution < -0.4 is 16.4 Å². The van der Waals surface area contributed by atoms with Crippen LogP contribution in [0, 0.1) is 57.2 Å². The molecule has 4 N–H and O–H groups in total. The number of carbonyl (C=O) groups excluding carboxylic acids is 1. The Bertz CT molecular complexity index is 1230. The molecule has 192 valence electrons. The first-order valence-electron chi connectivity index (χ1n) is 13.2. The van der Waals surface area contributed by atoms with Gasteiger partial charge in [-0.15, -0.1) is 0 Å². The predicted octanol–water partition coefficient (Wildman–Crippen LogP) is 2.26. The van der Waals surface area contributed by atoms with Gasteiger partial charge in [0.2, 0.25) is 5.91 Å². The zero-order chi connectivity index (χ0) is 26.4. The molecular formula is C28H34N8O. The van der Waals surface area contributed by atoms with Crippen molar-refractivity contribution in [3.8, 4) is 18.2 Å². The van der Waals surface area contributed by atoms with Crippen molar-refractivity contribution in [2.75, 3.05) is 31.1 Å². The Morgan fingerprint density at radius 3 is 2.32 bits per heavy atom. The molecule has 1 aromatic carbocycles. The van der Waals surface area contributed by atoms with E-state index in [0.29, 0.717) is 60.9 Å². The number of nitriles is 3. The Hall–Kier alpha value is -3.61. The van der Waals surface area contributed by atoms with Gasteiger partial charge < -0.3 is 16.4 Å². The van der Waals surface area contributed by atoms with Crippen LogP contribution in [0.15, 0.2) is 23.2 Å². The van der Waals surface area contributed by atoms with E-state index in [1.54, 1.807) is 12.1 Å². The number of primary amides is 1. The molecule has 9 heteroatoms. The second-order valence-corrected chi connectivity index (χ2v) is 11.6. The first-order valence-corrected chi connectivity index (χ1v) is 13.2. The summed E-state index contributed by atoms with van der Waals surface area (Å²) in [6, 6.07) is 12.0. The number of nitrogens with two attached hydrogens (primary N) is 2. The van der Waals surface area contributed by atoms with E-state index in [2.05, 4.69) is 28.0 Å². The number of amides is 1. The van der Waals surface area contributed by atoms with E-state index >= 15 is 0 Å². The summed E-state index contributed by atoms with van der Waals surface area (Å²) < 4.78 is 0. The molecule has 1 aliphatic heterocycles. The molecule has 4 aliphatic carbocycles. The first-order chi connectivity index (χ1) is 17.7. The van der Waals surface area contributed by atoms with Crippen molar-refractivity contribution in [3.05, 3.63) is 29.3 Å². The monoisotopic (exact) mass is 498 g/mol. The SMILES string of the molecule is CC(CC#N)(C(N)=NC1C2CC3CC1CC(C(N)=O)(C3)C2)N1CCN(c2cccc(C#N)c2C#N)CC1. The Morgan fingerprint density at radius 2 is 1.76 bits per heavy atom. The lowest BCUT2D eigenvalue weighted by Crippen LogP contribution is -2.62. The normalized spacial score (nSPS) is 32.7. The molecule has 3 unspecified atom stereocenters. The summed E-state index contributed by atoms with van der Waals surface area (Å²) in [6.07, 6.45) is 4.89. The van der Waals surface area contributed by atoms with Gasteiger partial charge in [0.1, 0.15) is 18.0 Å². The minimum atomic E-state index is -0.705. The number of benzene rings is 1. The van der Waals surface area contributed by atoms with Gasteiger partial charge in [-0.3, -0.25) is 14.7 Å². The van der Waals surface area contributed by atoms with Crippen molar-refractivity contribution >= 4 is 17.4 Å². The van der Waals surface area contributed by atoms with Gasteiger partial charge in [-0.2, -0.15) is 15.8 Å². The van der Waals surface area contributed by atoms with E-state index in [-0.39, 0.29) is 23.8 Å². The fourth-order valence-corrected chi connectivity index (χ4v) is 7.78. The van der Waals surface area contributed by atoms with Gasteiger partial charge in [0.25, 0.3) is 0 Å². The van der Waals surface area contributed by atoms with E-state index in [0.717, 1.165) is 37.8 Å². The van der Waals surface area contributed by atoms with Gasteiger partial charge in [-0.05, 0) is 68.9 Å². The highest BCUT2D eigenvalue weighted by molar-refractivity contribution is 5.90. The van der Waals surface area contributed by atoms with Gasteiger partial charge in [0.15, 0.2) is 0 Å². The molecule has 1 aromatic rings. The number of aliphatic imine (C=N–C) groups is 1. The lowest BCUT2D eigenvalue weighted by atomic mass is 9.48. The van der Waals surface area contributed by atoms with E-state index in [1.807, 2.05) is 13.0 Å². The lowest BCUT2D eigenvalue weighted by molar-refractivity contribution is -0.144. The van der Waals surface area contributed by atoms with E-state index < -0.39 is 5.54 Å². The summed E-state index contributed by atoms with van der Waals surface area (Å²) in [5.41, 5.74) is 13.1. The Labute approximate surface area is 218 Å². The van der Waals surface area contributed by atoms with Gasteiger partial charge in [-0.25, -0.2) is 0 Å². The lowest BCUT2D eigenvalue weighted by Gasteiger charge is -2.58. The number of nitrogens with zero attached hydrogens (tertiary/aromatic N) is 6. The maximum absolute atomic E-state index is 12.3. The minimum Gasteiger partial charge on any atom is -0.386 e. The van der Waals surface area contributed by atoms with Crippen molar-refractivity contribution < 1.29 is 4.79 Å². The molecule has 5 fully saturated rings. The number of rotatable bonds is 6. The fraction of sp³-hybridized carbons (Fsp3) is 0.607. The third-order valence-corrected chi connectivity index (χ3v) is 9.60. The average Bonchev–Trinajstić information content (AvgIpc) is 2.89. The molecule has 1 saturated heterocycles. The second kappa shape index (κ2) is 9.36. The molecule has 4 bridgehead atoms. The highest BCUT2D eigenvalue weighted by Crippen LogP contribution is 2.60. The molecule has 5 aliphatic rings. The van der Waals surface area contributed by atoms with Crippen LogP contribution in [0.5, 0.6) is 0 Å². The zero-order valence-corrected chi connectivity index (χ0v) is 21.4. The van der Waals surface area contributed by atoms with Crippen molar-refractivity contribution in [3.63, 3.8) is 0 Å². The molecule has 1 amide bonds. The molecule has 0 radical (unpaired) electrons. The van der Waals surface area contributed by atoms with Crippen molar-refractivity contribution in [1.29, 1.82) is 15.8 Å². The number of hydrogen-bond acceptors (Lipinski definition) is 7. The Balaban J connectivity index is 1.34. The quantitative estimate of drug-likeness (QED) is 0.449. The Morgan fingerprint density at radius 1 is 1.08 bits per heavy atom. The smallest absolute Gasteiger partial charge is 0.223 e. The second-order valence-electron chi connectivity index (χ2n) is 11.6. The Kier molecular flexibility index (Phi) is 6.34. The summed E-state index contributed by atoms with van der Waals surface area (Å²) >= 11 is 0. The summed E-state index contributed by atoms with van der Waals surface area (Å²) in [4.78, 5) is 21.8. The standard InChI is InChI=1S/C28H34N8O/c1-27(5-6-29,36-9-7-35(8-10-36)23-4-2-3-19(16-30)22(23)17-31)25(32)34-24-20-11-18-12-21(24)15-28(13-18,14-20)26(33)37/h2-4,18,20-21,24H,5,7-15H2,1H3,(H2,32,34)(H2,33,37). The summed E-state index contributed by atoms with van der Waals surface area (Å²) in [7, 11) is 0. The zero-order valence-electron chi connectivity index (χ0n) is 21.4. The van der Waals surface area contributed by atoms with Gasteiger partial charge in [0.05, 0.1) is 40.9 Å². The third-order valence-electron chi connectivity index (χ3n) is 9.60. The van der Waals surface area contributed by atoms with E-state index in [4.69, 9.17) is 16.5 Å². The molecule has 1 heterocycles. The van der Waals surface area contributed by atoms with E-state index in [1.165, 1.54) is 0 Å².